The molecule has 4 heterocycles. The van der Waals surface area contributed by atoms with Crippen molar-refractivity contribution in [2.75, 3.05) is 13.7 Å². The summed E-state index contributed by atoms with van der Waals surface area (Å²) < 4.78 is 5.63. The van der Waals surface area contributed by atoms with Crippen LogP contribution in [0.4, 0.5) is 0 Å². The van der Waals surface area contributed by atoms with Gasteiger partial charge in [0.25, 0.3) is 0 Å². The molecule has 4 unspecified atom stereocenters. The first-order valence-corrected chi connectivity index (χ1v) is 16.7. The van der Waals surface area contributed by atoms with E-state index in [1.807, 2.05) is 18.3 Å². The number of nitrogens with one attached hydrogen (secondary N) is 2. The highest BCUT2D eigenvalue weighted by Crippen LogP contribution is 2.43. The number of aromatic nitrogens is 1. The van der Waals surface area contributed by atoms with Crippen LogP contribution in [-0.4, -0.2) is 35.6 Å². The molecule has 0 radical (unpaired) electrons. The lowest BCUT2D eigenvalue weighted by Crippen LogP contribution is -2.58. The van der Waals surface area contributed by atoms with E-state index in [2.05, 4.69) is 111 Å². The first kappa shape index (κ1) is 33.3. The molecule has 242 valence electrons. The molecule has 3 saturated heterocycles. The van der Waals surface area contributed by atoms with E-state index in [1.54, 1.807) is 7.11 Å². The molecule has 46 heavy (non-hydrogen) atoms. The molecule has 3 aliphatic heterocycles. The average molecular weight is 619 g/mol. The van der Waals surface area contributed by atoms with Gasteiger partial charge in [-0.05, 0) is 95.5 Å². The molecule has 5 atom stereocenters. The molecular weight excluding hydrogens is 568 g/mol. The second-order valence-corrected chi connectivity index (χ2v) is 15.1. The lowest BCUT2D eigenvalue weighted by molar-refractivity contribution is -0.0199. The van der Waals surface area contributed by atoms with Gasteiger partial charge in [-0.15, -0.1) is 0 Å². The van der Waals surface area contributed by atoms with Crippen LogP contribution in [0.25, 0.3) is 10.9 Å². The summed E-state index contributed by atoms with van der Waals surface area (Å²) in [4.78, 5) is 7.34. The van der Waals surface area contributed by atoms with Crippen LogP contribution in [0, 0.1) is 28.6 Å². The number of rotatable bonds is 9. The molecule has 2 bridgehead atoms. The van der Waals surface area contributed by atoms with Gasteiger partial charge >= 0.3 is 0 Å². The van der Waals surface area contributed by atoms with E-state index < -0.39 is 0 Å². The van der Waals surface area contributed by atoms with Crippen LogP contribution in [0.15, 0.2) is 60.1 Å². The van der Waals surface area contributed by atoms with Gasteiger partial charge in [-0.2, -0.15) is 10.5 Å². The second-order valence-electron chi connectivity index (χ2n) is 15.1. The number of benzene rings is 2. The number of fused-ring (bicyclic) bond motifs is 4. The van der Waals surface area contributed by atoms with Crippen LogP contribution in [0.5, 0.6) is 5.75 Å². The van der Waals surface area contributed by atoms with Crippen molar-refractivity contribution in [3.05, 3.63) is 82.3 Å². The van der Waals surface area contributed by atoms with Crippen molar-refractivity contribution in [1.29, 1.82) is 10.5 Å². The third kappa shape index (κ3) is 7.01. The Balaban J connectivity index is 1.58. The number of allylic oxidation sites excluding steroid dienone is 1. The van der Waals surface area contributed by atoms with Gasteiger partial charge in [0.05, 0.1) is 18.7 Å². The summed E-state index contributed by atoms with van der Waals surface area (Å²) in [5, 5.41) is 28.7. The Kier molecular flexibility index (Phi) is 9.66. The van der Waals surface area contributed by atoms with Crippen molar-refractivity contribution in [2.45, 2.75) is 110 Å². The van der Waals surface area contributed by atoms with Crippen molar-refractivity contribution in [3.8, 4) is 17.9 Å². The van der Waals surface area contributed by atoms with Crippen LogP contribution >= 0.6 is 0 Å². The smallest absolute Gasteiger partial charge is 0.169 e. The molecule has 3 aromatic rings. The molecular formula is C39H50N6O. The zero-order valence-electron chi connectivity index (χ0n) is 28.9. The summed E-state index contributed by atoms with van der Waals surface area (Å²) in [5.41, 5.74) is 5.65. The summed E-state index contributed by atoms with van der Waals surface area (Å²) in [6, 6.07) is 19.8. The zero-order chi connectivity index (χ0) is 33.2. The third-order valence-electron chi connectivity index (χ3n) is 10.0. The topological polar surface area (TPSA) is 97.0 Å². The first-order chi connectivity index (χ1) is 21.9. The van der Waals surface area contributed by atoms with Gasteiger partial charge < -0.3 is 15.4 Å². The molecule has 0 spiro atoms. The van der Waals surface area contributed by atoms with Gasteiger partial charge in [0.15, 0.2) is 5.57 Å². The maximum Gasteiger partial charge on any atom is 0.169 e. The normalized spacial score (nSPS) is 21.6. The molecule has 1 aromatic heterocycles. The molecule has 7 nitrogen and oxygen atoms in total. The fraction of sp³-hybridized carbons (Fsp3) is 0.513. The Morgan fingerprint density at radius 2 is 1.70 bits per heavy atom. The SMILES string of the molecule is CCC1CC2CCN1[C@H](C(NC(NCc1cc(C(C)(C)C)cc(C(C)(C)C)c1)=C(C#N)C#N)c1ccnc3ccc(OC)cc13)C2. The molecule has 2 N–H and O–H groups in total. The molecule has 3 aliphatic rings. The molecule has 0 amide bonds. The van der Waals surface area contributed by atoms with E-state index in [-0.39, 0.29) is 28.5 Å². The summed E-state index contributed by atoms with van der Waals surface area (Å²) in [6.45, 7) is 17.2. The van der Waals surface area contributed by atoms with Gasteiger partial charge in [0.2, 0.25) is 0 Å². The summed E-state index contributed by atoms with van der Waals surface area (Å²) in [6.07, 6.45) is 6.48. The number of methoxy groups -OCH3 is 1. The van der Waals surface area contributed by atoms with E-state index in [0.29, 0.717) is 24.3 Å². The van der Waals surface area contributed by atoms with E-state index in [0.717, 1.165) is 47.2 Å². The lowest BCUT2D eigenvalue weighted by atomic mass is 9.75. The predicted molar refractivity (Wildman–Crippen MR) is 185 cm³/mol. The highest BCUT2D eigenvalue weighted by atomic mass is 16.5. The molecule has 7 heteroatoms. The summed E-state index contributed by atoms with van der Waals surface area (Å²) >= 11 is 0. The van der Waals surface area contributed by atoms with E-state index in [4.69, 9.17) is 4.74 Å². The Bertz CT molecular complexity index is 1630. The van der Waals surface area contributed by atoms with Crippen LogP contribution in [-0.2, 0) is 17.4 Å². The summed E-state index contributed by atoms with van der Waals surface area (Å²) in [5.74, 6) is 1.90. The maximum atomic E-state index is 10.2. The maximum absolute atomic E-state index is 10.2. The van der Waals surface area contributed by atoms with Crippen molar-refractivity contribution in [2.24, 2.45) is 5.92 Å². The Labute approximate surface area is 275 Å². The van der Waals surface area contributed by atoms with E-state index in [9.17, 15) is 10.5 Å². The lowest BCUT2D eigenvalue weighted by Gasteiger charge is -2.53. The molecule has 3 fully saturated rings. The number of hydrogen-bond acceptors (Lipinski definition) is 7. The Hall–Kier alpha value is -4.07. The fourth-order valence-corrected chi connectivity index (χ4v) is 7.29. The van der Waals surface area contributed by atoms with Gasteiger partial charge in [-0.3, -0.25) is 9.88 Å². The van der Waals surface area contributed by atoms with Crippen molar-refractivity contribution in [1.82, 2.24) is 20.5 Å². The standard InChI is InChI=1S/C39H50N6O/c1-9-30-18-25-13-15-45(30)35(19-25)36(32-12-14-42-34-11-10-31(46-8)21-33(32)34)44-37(27(22-40)23-41)43-24-26-16-28(38(2,3)4)20-29(17-26)39(5,6)7/h10-12,14,16-17,20-21,25,30,35-36,43-44H,9,13,15,18-19,24H2,1-8H3/t25?,30?,35-,36?/m0/s1. The molecule has 2 aromatic carbocycles. The van der Waals surface area contributed by atoms with Crippen LogP contribution in [0.2, 0.25) is 0 Å². The van der Waals surface area contributed by atoms with Crippen LogP contribution in [0.1, 0.15) is 102 Å². The van der Waals surface area contributed by atoms with E-state index >= 15 is 0 Å². The molecule has 6 rings (SSSR count). The highest BCUT2D eigenvalue weighted by Gasteiger charge is 2.43. The van der Waals surface area contributed by atoms with Crippen molar-refractivity contribution in [3.63, 3.8) is 0 Å². The van der Waals surface area contributed by atoms with Crippen molar-refractivity contribution < 1.29 is 4.74 Å². The molecule has 0 saturated carbocycles. The minimum atomic E-state index is -0.181. The number of piperidine rings is 3. The minimum Gasteiger partial charge on any atom is -0.497 e. The quantitative estimate of drug-likeness (QED) is 0.236. The Morgan fingerprint density at radius 1 is 1.00 bits per heavy atom. The largest absolute Gasteiger partial charge is 0.497 e. The average Bonchev–Trinajstić information content (AvgIpc) is 3.04. The van der Waals surface area contributed by atoms with Gasteiger partial charge in [0, 0.05) is 30.2 Å². The summed E-state index contributed by atoms with van der Waals surface area (Å²) in [7, 11) is 1.68. The number of hydrogen-bond donors (Lipinski definition) is 2. The number of pyridine rings is 1. The second kappa shape index (κ2) is 13.3. The Morgan fingerprint density at radius 3 is 2.28 bits per heavy atom. The highest BCUT2D eigenvalue weighted by molar-refractivity contribution is 5.84. The number of ether oxygens (including phenoxy) is 1. The first-order valence-electron chi connectivity index (χ1n) is 16.7. The van der Waals surface area contributed by atoms with Gasteiger partial charge in [-0.25, -0.2) is 0 Å². The predicted octanol–water partition coefficient (Wildman–Crippen LogP) is 7.78. The van der Waals surface area contributed by atoms with Crippen LogP contribution in [0.3, 0.4) is 0 Å². The van der Waals surface area contributed by atoms with Crippen molar-refractivity contribution >= 4 is 10.9 Å². The van der Waals surface area contributed by atoms with Crippen LogP contribution < -0.4 is 15.4 Å². The van der Waals surface area contributed by atoms with E-state index in [1.165, 1.54) is 24.0 Å². The fourth-order valence-electron chi connectivity index (χ4n) is 7.29. The van der Waals surface area contributed by atoms with Gasteiger partial charge in [0.1, 0.15) is 23.7 Å². The monoisotopic (exact) mass is 618 g/mol. The number of nitriles is 2. The van der Waals surface area contributed by atoms with Gasteiger partial charge in [-0.1, -0.05) is 66.7 Å². The molecule has 0 aliphatic carbocycles. The third-order valence-corrected chi connectivity index (χ3v) is 10.0. The zero-order valence-corrected chi connectivity index (χ0v) is 28.9. The number of nitrogens with zero attached hydrogens (tertiary/aromatic N) is 4. The minimum absolute atomic E-state index is 0.0173.